The summed E-state index contributed by atoms with van der Waals surface area (Å²) in [6.07, 6.45) is 2.07. The minimum Gasteiger partial charge on any atom is -0.349 e. The second kappa shape index (κ2) is 6.17. The van der Waals surface area contributed by atoms with Crippen LogP contribution in [-0.2, 0) is 9.84 Å². The highest BCUT2D eigenvalue weighted by molar-refractivity contribution is 9.10. The first-order chi connectivity index (χ1) is 10.5. The molecule has 1 saturated heterocycles. The number of rotatable bonds is 4. The van der Waals surface area contributed by atoms with Gasteiger partial charge in [0.15, 0.2) is 15.7 Å². The molecule has 116 valence electrons. The number of hydrogen-bond acceptors (Lipinski definition) is 7. The Bertz CT molecular complexity index is 784. The summed E-state index contributed by atoms with van der Waals surface area (Å²) in [5.41, 5.74) is 0.859. The highest BCUT2D eigenvalue weighted by Crippen LogP contribution is 2.24. The molecule has 1 aliphatic heterocycles. The van der Waals surface area contributed by atoms with Crippen LogP contribution in [0.15, 0.2) is 34.9 Å². The third kappa shape index (κ3) is 3.72. The molecule has 1 atom stereocenters. The van der Waals surface area contributed by atoms with E-state index in [0.717, 1.165) is 10.2 Å². The van der Waals surface area contributed by atoms with E-state index in [9.17, 15) is 8.42 Å². The Morgan fingerprint density at radius 1 is 1.27 bits per heavy atom. The fourth-order valence-corrected chi connectivity index (χ4v) is 4.27. The molecule has 0 saturated carbocycles. The van der Waals surface area contributed by atoms with E-state index >= 15 is 0 Å². The highest BCUT2D eigenvalue weighted by Gasteiger charge is 2.28. The third-order valence-corrected chi connectivity index (χ3v) is 5.72. The maximum atomic E-state index is 11.5. The van der Waals surface area contributed by atoms with Crippen LogP contribution in [0.4, 0.5) is 17.5 Å². The van der Waals surface area contributed by atoms with E-state index in [1.165, 1.54) is 6.20 Å². The fraction of sp³-hybridized carbons (Fsp3) is 0.308. The maximum Gasteiger partial charge on any atom is 0.244 e. The number of hydrogen-bond donors (Lipinski definition) is 2. The van der Waals surface area contributed by atoms with Gasteiger partial charge in [0.05, 0.1) is 23.4 Å². The van der Waals surface area contributed by atoms with Crippen molar-refractivity contribution in [1.82, 2.24) is 15.2 Å². The van der Waals surface area contributed by atoms with Gasteiger partial charge in [-0.15, -0.1) is 5.10 Å². The van der Waals surface area contributed by atoms with Crippen molar-refractivity contribution in [2.45, 2.75) is 12.5 Å². The Morgan fingerprint density at radius 3 is 2.82 bits per heavy atom. The molecule has 9 heteroatoms. The lowest BCUT2D eigenvalue weighted by Crippen LogP contribution is -2.22. The number of aromatic nitrogens is 3. The Kier molecular flexibility index (Phi) is 4.25. The molecule has 0 radical (unpaired) electrons. The van der Waals surface area contributed by atoms with Crippen LogP contribution in [0, 0.1) is 0 Å². The van der Waals surface area contributed by atoms with Crippen molar-refractivity contribution >= 4 is 43.2 Å². The number of halogens is 1. The van der Waals surface area contributed by atoms with Gasteiger partial charge in [-0.2, -0.15) is 10.1 Å². The largest absolute Gasteiger partial charge is 0.349 e. The monoisotopic (exact) mass is 383 g/mol. The van der Waals surface area contributed by atoms with Crippen LogP contribution < -0.4 is 10.6 Å². The van der Waals surface area contributed by atoms with Crippen molar-refractivity contribution < 1.29 is 8.42 Å². The lowest BCUT2D eigenvalue weighted by atomic mass is 10.3. The van der Waals surface area contributed by atoms with E-state index in [2.05, 4.69) is 41.7 Å². The smallest absolute Gasteiger partial charge is 0.244 e. The quantitative estimate of drug-likeness (QED) is 0.832. The fourth-order valence-electron chi connectivity index (χ4n) is 2.22. The van der Waals surface area contributed by atoms with Crippen molar-refractivity contribution in [3.05, 3.63) is 34.9 Å². The van der Waals surface area contributed by atoms with Crippen LogP contribution in [0.2, 0.25) is 0 Å². The standard InChI is InChI=1S/C13H14BrN5O2S/c14-10-3-1-2-4-11(10)17-12-7-15-19-13(18-12)16-9-5-6-22(20,21)8-9/h1-4,7,9H,5-6,8H2,(H2,16,17,18,19). The van der Waals surface area contributed by atoms with Gasteiger partial charge in [-0.25, -0.2) is 8.42 Å². The molecular weight excluding hydrogens is 370 g/mol. The maximum absolute atomic E-state index is 11.5. The first-order valence-corrected chi connectivity index (χ1v) is 9.31. The van der Waals surface area contributed by atoms with Gasteiger partial charge in [0, 0.05) is 10.5 Å². The molecule has 1 aliphatic rings. The summed E-state index contributed by atoms with van der Waals surface area (Å²) in [4.78, 5) is 4.31. The number of nitrogens with zero attached hydrogens (tertiary/aromatic N) is 3. The van der Waals surface area contributed by atoms with Crippen molar-refractivity contribution in [2.75, 3.05) is 22.1 Å². The number of benzene rings is 1. The Morgan fingerprint density at radius 2 is 2.09 bits per heavy atom. The van der Waals surface area contributed by atoms with E-state index < -0.39 is 9.84 Å². The second-order valence-corrected chi connectivity index (χ2v) is 8.10. The zero-order valence-electron chi connectivity index (χ0n) is 11.5. The van der Waals surface area contributed by atoms with Gasteiger partial charge in [-0.3, -0.25) is 0 Å². The molecule has 1 fully saturated rings. The van der Waals surface area contributed by atoms with Gasteiger partial charge in [0.25, 0.3) is 0 Å². The SMILES string of the molecule is O=S1(=O)CCC(Nc2nncc(Nc3ccccc3Br)n2)C1. The first-order valence-electron chi connectivity index (χ1n) is 6.70. The van der Waals surface area contributed by atoms with Crippen LogP contribution in [0.25, 0.3) is 0 Å². The molecule has 0 amide bonds. The van der Waals surface area contributed by atoms with E-state index in [-0.39, 0.29) is 17.5 Å². The van der Waals surface area contributed by atoms with Crippen molar-refractivity contribution in [1.29, 1.82) is 0 Å². The van der Waals surface area contributed by atoms with Gasteiger partial charge in [-0.05, 0) is 34.5 Å². The summed E-state index contributed by atoms with van der Waals surface area (Å²) in [7, 11) is -2.94. The molecule has 2 aromatic rings. The molecule has 0 aliphatic carbocycles. The van der Waals surface area contributed by atoms with Crippen LogP contribution in [0.1, 0.15) is 6.42 Å². The summed E-state index contributed by atoms with van der Waals surface area (Å²) < 4.78 is 23.8. The predicted molar refractivity (Wildman–Crippen MR) is 87.9 cm³/mol. The minimum atomic E-state index is -2.94. The van der Waals surface area contributed by atoms with Gasteiger partial charge < -0.3 is 10.6 Å². The van der Waals surface area contributed by atoms with E-state index in [1.54, 1.807) is 0 Å². The Labute approximate surface area is 136 Å². The van der Waals surface area contributed by atoms with Crippen LogP contribution in [-0.4, -0.2) is 41.1 Å². The van der Waals surface area contributed by atoms with Gasteiger partial charge in [0.2, 0.25) is 5.95 Å². The molecule has 0 spiro atoms. The van der Waals surface area contributed by atoms with Gasteiger partial charge >= 0.3 is 0 Å². The summed E-state index contributed by atoms with van der Waals surface area (Å²) >= 11 is 3.45. The lowest BCUT2D eigenvalue weighted by molar-refractivity contribution is 0.602. The minimum absolute atomic E-state index is 0.109. The molecule has 3 rings (SSSR count). The highest BCUT2D eigenvalue weighted by atomic mass is 79.9. The molecule has 1 unspecified atom stereocenters. The second-order valence-electron chi connectivity index (χ2n) is 5.01. The Balaban J connectivity index is 1.72. The molecule has 0 bridgehead atoms. The van der Waals surface area contributed by atoms with Gasteiger partial charge in [0.1, 0.15) is 0 Å². The predicted octanol–water partition coefficient (Wildman–Crippen LogP) is 1.98. The number of anilines is 3. The molecule has 7 nitrogen and oxygen atoms in total. The average molecular weight is 384 g/mol. The molecule has 1 aromatic carbocycles. The average Bonchev–Trinajstić information content (AvgIpc) is 2.81. The zero-order chi connectivity index (χ0) is 15.6. The molecule has 22 heavy (non-hydrogen) atoms. The summed E-state index contributed by atoms with van der Waals surface area (Å²) in [6.45, 7) is 0. The van der Waals surface area contributed by atoms with Crippen LogP contribution >= 0.6 is 15.9 Å². The third-order valence-electron chi connectivity index (χ3n) is 3.26. The molecule has 1 aromatic heterocycles. The van der Waals surface area contributed by atoms with Crippen molar-refractivity contribution in [3.8, 4) is 0 Å². The number of para-hydroxylation sites is 1. The molecule has 2 heterocycles. The van der Waals surface area contributed by atoms with Crippen LogP contribution in [0.5, 0.6) is 0 Å². The Hall–Kier alpha value is -1.74. The molecular formula is C13H14BrN5O2S. The van der Waals surface area contributed by atoms with Gasteiger partial charge in [-0.1, -0.05) is 12.1 Å². The summed E-state index contributed by atoms with van der Waals surface area (Å²) in [5, 5.41) is 13.9. The van der Waals surface area contributed by atoms with E-state index in [4.69, 9.17) is 0 Å². The van der Waals surface area contributed by atoms with Crippen LogP contribution in [0.3, 0.4) is 0 Å². The summed E-state index contributed by atoms with van der Waals surface area (Å²) in [5.74, 6) is 1.16. The van der Waals surface area contributed by atoms with E-state index in [0.29, 0.717) is 18.2 Å². The first kappa shape index (κ1) is 15.2. The summed E-state index contributed by atoms with van der Waals surface area (Å²) in [6, 6.07) is 7.48. The lowest BCUT2D eigenvalue weighted by Gasteiger charge is -2.11. The number of sulfone groups is 1. The normalized spacial score (nSPS) is 19.8. The topological polar surface area (TPSA) is 96.9 Å². The van der Waals surface area contributed by atoms with Crippen molar-refractivity contribution in [3.63, 3.8) is 0 Å². The molecule has 2 N–H and O–H groups in total. The van der Waals surface area contributed by atoms with E-state index in [1.807, 2.05) is 24.3 Å². The zero-order valence-corrected chi connectivity index (χ0v) is 13.9. The van der Waals surface area contributed by atoms with Crippen molar-refractivity contribution in [2.24, 2.45) is 0 Å². The number of nitrogens with one attached hydrogen (secondary N) is 2.